The largest absolute Gasteiger partial charge is 0.436 e. The molecule has 0 aliphatic carbocycles. The molecule has 1 unspecified atom stereocenters. The Balaban J connectivity index is 1.61. The van der Waals surface area contributed by atoms with Gasteiger partial charge in [0.2, 0.25) is 0 Å². The van der Waals surface area contributed by atoms with Crippen molar-refractivity contribution in [1.29, 1.82) is 0 Å². The molecule has 1 aromatic carbocycles. The van der Waals surface area contributed by atoms with Gasteiger partial charge >= 0.3 is 11.8 Å². The molecule has 0 saturated carbocycles. The minimum atomic E-state index is -0.518. The first kappa shape index (κ1) is 12.8. The van der Waals surface area contributed by atoms with Gasteiger partial charge in [-0.2, -0.15) is 0 Å². The van der Waals surface area contributed by atoms with Gasteiger partial charge in [0.25, 0.3) is 0 Å². The number of fused-ring (bicyclic) bond motifs is 2. The molecule has 0 fully saturated rings. The molecule has 1 atom stereocenters. The maximum Gasteiger partial charge on any atom is 0.415 e. The van der Waals surface area contributed by atoms with Crippen LogP contribution in [-0.4, -0.2) is 29.6 Å². The van der Waals surface area contributed by atoms with Crippen LogP contribution in [0.4, 0.5) is 5.82 Å². The lowest BCUT2D eigenvalue weighted by Gasteiger charge is -2.22. The fourth-order valence-corrected chi connectivity index (χ4v) is 2.86. The molecule has 4 rings (SSSR count). The van der Waals surface area contributed by atoms with E-state index in [1.54, 1.807) is 10.9 Å². The summed E-state index contributed by atoms with van der Waals surface area (Å²) in [7, 11) is 0. The van der Waals surface area contributed by atoms with E-state index in [2.05, 4.69) is 9.97 Å². The average molecular weight is 299 g/mol. The van der Waals surface area contributed by atoms with E-state index in [1.165, 1.54) is 6.20 Å². The molecule has 1 aliphatic heterocycles. The Bertz CT molecular complexity index is 858. The number of benzene rings is 1. The van der Waals surface area contributed by atoms with Crippen molar-refractivity contribution in [3.63, 3.8) is 0 Å². The van der Waals surface area contributed by atoms with Crippen LogP contribution in [0.5, 0.6) is 6.01 Å². The van der Waals surface area contributed by atoms with Gasteiger partial charge in [-0.25, -0.2) is 4.98 Å². The van der Waals surface area contributed by atoms with Gasteiger partial charge in [0.15, 0.2) is 0 Å². The van der Waals surface area contributed by atoms with E-state index < -0.39 is 10.5 Å². The van der Waals surface area contributed by atoms with Crippen LogP contribution in [0.2, 0.25) is 0 Å². The minimum absolute atomic E-state index is 0.190. The predicted octanol–water partition coefficient (Wildman–Crippen LogP) is 1.99. The molecular weight excluding hydrogens is 286 g/mol. The first-order valence-electron chi connectivity index (χ1n) is 6.85. The Hall–Kier alpha value is -2.90. The normalized spacial score (nSPS) is 20.0. The summed E-state index contributed by atoms with van der Waals surface area (Å²) in [4.78, 5) is 18.5. The van der Waals surface area contributed by atoms with Crippen LogP contribution in [-0.2, 0) is 13.1 Å². The zero-order valence-electron chi connectivity index (χ0n) is 11.8. The van der Waals surface area contributed by atoms with E-state index in [0.29, 0.717) is 19.1 Å². The molecule has 112 valence electrons. The molecule has 0 amide bonds. The predicted molar refractivity (Wildman–Crippen MR) is 77.6 cm³/mol. The number of imidazole rings is 2. The number of rotatable bonds is 3. The highest BCUT2D eigenvalue weighted by Gasteiger charge is 2.40. The molecule has 8 nitrogen and oxygen atoms in total. The number of para-hydroxylation sites is 2. The maximum atomic E-state index is 10.7. The van der Waals surface area contributed by atoms with Gasteiger partial charge in [-0.1, -0.05) is 12.1 Å². The molecule has 3 heterocycles. The summed E-state index contributed by atoms with van der Waals surface area (Å²) in [5.74, 6) is -0.190. The summed E-state index contributed by atoms with van der Waals surface area (Å²) in [5, 5.41) is 10.7. The van der Waals surface area contributed by atoms with E-state index in [4.69, 9.17) is 4.74 Å². The summed E-state index contributed by atoms with van der Waals surface area (Å²) in [5.41, 5.74) is 1.45. The summed E-state index contributed by atoms with van der Waals surface area (Å²) in [6.45, 7) is 3.06. The van der Waals surface area contributed by atoms with Crippen LogP contribution in [0.25, 0.3) is 11.0 Å². The van der Waals surface area contributed by atoms with Gasteiger partial charge in [-0.3, -0.25) is 4.57 Å². The average Bonchev–Trinajstić information content (AvgIpc) is 3.11. The van der Waals surface area contributed by atoms with Gasteiger partial charge in [-0.05, 0) is 24.0 Å². The molecule has 8 heteroatoms. The third-order valence-corrected chi connectivity index (χ3v) is 3.79. The summed E-state index contributed by atoms with van der Waals surface area (Å²) in [6.07, 6.45) is 3.19. The second-order valence-corrected chi connectivity index (χ2v) is 5.68. The summed E-state index contributed by atoms with van der Waals surface area (Å²) < 4.78 is 9.55. The van der Waals surface area contributed by atoms with E-state index >= 15 is 0 Å². The molecular formula is C14H13N5O3. The van der Waals surface area contributed by atoms with Gasteiger partial charge in [0.05, 0.1) is 30.5 Å². The minimum Gasteiger partial charge on any atom is -0.436 e. The van der Waals surface area contributed by atoms with Gasteiger partial charge in [0.1, 0.15) is 11.8 Å². The third-order valence-electron chi connectivity index (χ3n) is 3.79. The van der Waals surface area contributed by atoms with Crippen molar-refractivity contribution >= 4 is 16.9 Å². The Morgan fingerprint density at radius 3 is 3.05 bits per heavy atom. The van der Waals surface area contributed by atoms with E-state index in [-0.39, 0.29) is 5.82 Å². The number of nitrogens with zero attached hydrogens (tertiary/aromatic N) is 5. The highest BCUT2D eigenvalue weighted by atomic mass is 16.6. The topological polar surface area (TPSA) is 88.0 Å². The molecule has 0 spiro atoms. The summed E-state index contributed by atoms with van der Waals surface area (Å²) in [6, 6.07) is 8.16. The van der Waals surface area contributed by atoms with E-state index in [0.717, 1.165) is 11.0 Å². The zero-order chi connectivity index (χ0) is 15.3. The van der Waals surface area contributed by atoms with Crippen LogP contribution in [0, 0.1) is 10.1 Å². The quantitative estimate of drug-likeness (QED) is 0.545. The van der Waals surface area contributed by atoms with Crippen LogP contribution in [0.3, 0.4) is 0 Å². The van der Waals surface area contributed by atoms with Gasteiger partial charge in [-0.15, -0.1) is 0 Å². The van der Waals surface area contributed by atoms with Crippen LogP contribution < -0.4 is 4.74 Å². The molecule has 0 saturated heterocycles. The summed E-state index contributed by atoms with van der Waals surface area (Å²) >= 11 is 0. The highest BCUT2D eigenvalue weighted by Crippen LogP contribution is 2.32. The SMILES string of the molecule is CC1(Cn2cnc3ccccc32)Cn2cc([N+](=O)[O-])nc2O1. The van der Waals surface area contributed by atoms with E-state index in [9.17, 15) is 10.1 Å². The first-order chi connectivity index (χ1) is 10.5. The number of aromatic nitrogens is 4. The zero-order valence-corrected chi connectivity index (χ0v) is 11.8. The molecule has 0 N–H and O–H groups in total. The maximum absolute atomic E-state index is 10.7. The molecule has 2 aromatic heterocycles. The van der Waals surface area contributed by atoms with Gasteiger partial charge < -0.3 is 19.4 Å². The van der Waals surface area contributed by atoms with Crippen molar-refractivity contribution in [2.24, 2.45) is 0 Å². The van der Waals surface area contributed by atoms with Crippen LogP contribution >= 0.6 is 0 Å². The number of ether oxygens (including phenoxy) is 1. The van der Waals surface area contributed by atoms with Gasteiger partial charge in [0, 0.05) is 4.98 Å². The second-order valence-electron chi connectivity index (χ2n) is 5.68. The molecule has 22 heavy (non-hydrogen) atoms. The van der Waals surface area contributed by atoms with Crippen LogP contribution in [0.1, 0.15) is 6.92 Å². The molecule has 1 aliphatic rings. The Morgan fingerprint density at radius 1 is 1.45 bits per heavy atom. The Labute approximate surface area is 125 Å². The lowest BCUT2D eigenvalue weighted by atomic mass is 10.1. The first-order valence-corrected chi connectivity index (χ1v) is 6.85. The van der Waals surface area contributed by atoms with E-state index in [1.807, 2.05) is 35.8 Å². The van der Waals surface area contributed by atoms with Crippen LogP contribution in [0.15, 0.2) is 36.8 Å². The number of hydrogen-bond acceptors (Lipinski definition) is 5. The van der Waals surface area contributed by atoms with Crippen molar-refractivity contribution in [1.82, 2.24) is 19.1 Å². The lowest BCUT2D eigenvalue weighted by Crippen LogP contribution is -2.36. The highest BCUT2D eigenvalue weighted by molar-refractivity contribution is 5.74. The Kier molecular flexibility index (Phi) is 2.50. The Morgan fingerprint density at radius 2 is 2.27 bits per heavy atom. The fourth-order valence-electron chi connectivity index (χ4n) is 2.86. The lowest BCUT2D eigenvalue weighted by molar-refractivity contribution is -0.389. The molecule has 3 aromatic rings. The van der Waals surface area contributed by atoms with Crippen molar-refractivity contribution in [3.8, 4) is 6.01 Å². The van der Waals surface area contributed by atoms with Crippen molar-refractivity contribution in [2.45, 2.75) is 25.6 Å². The van der Waals surface area contributed by atoms with Crippen molar-refractivity contribution in [3.05, 3.63) is 46.9 Å². The third kappa shape index (κ3) is 1.92. The standard InChI is InChI=1S/C14H13N5O3/c1-14(7-17-6-12(19(20)21)16-13(17)22-14)8-18-9-15-10-4-2-3-5-11(10)18/h2-6,9H,7-8H2,1H3. The van der Waals surface area contributed by atoms with Crippen molar-refractivity contribution in [2.75, 3.05) is 0 Å². The molecule has 0 radical (unpaired) electrons. The monoisotopic (exact) mass is 299 g/mol. The smallest absolute Gasteiger partial charge is 0.415 e. The molecule has 0 bridgehead atoms. The number of nitro groups is 1. The second kappa shape index (κ2) is 4.30. The van der Waals surface area contributed by atoms with Crippen molar-refractivity contribution < 1.29 is 9.66 Å². The number of hydrogen-bond donors (Lipinski definition) is 0. The fraction of sp³-hybridized carbons (Fsp3) is 0.286.